The van der Waals surface area contributed by atoms with Gasteiger partial charge in [0.2, 0.25) is 0 Å². The van der Waals surface area contributed by atoms with Crippen LogP contribution in [0.2, 0.25) is 0 Å². The third kappa shape index (κ3) is 28.3. The van der Waals surface area contributed by atoms with Crippen LogP contribution in [0.1, 0.15) is 85.0 Å². The van der Waals surface area contributed by atoms with Gasteiger partial charge in [-0.1, -0.05) is 65.7 Å². The molecule has 0 fully saturated rings. The molecule has 0 aromatic carbocycles. The van der Waals surface area contributed by atoms with Crippen molar-refractivity contribution in [2.45, 2.75) is 85.0 Å². The van der Waals surface area contributed by atoms with Gasteiger partial charge < -0.3 is 19.8 Å². The van der Waals surface area contributed by atoms with E-state index in [1.165, 1.54) is 12.8 Å². The van der Waals surface area contributed by atoms with Gasteiger partial charge in [0.05, 0.1) is 0 Å². The third-order valence-electron chi connectivity index (χ3n) is 3.13. The first kappa shape index (κ1) is 30.1. The fourth-order valence-corrected chi connectivity index (χ4v) is 1.69. The Balaban J connectivity index is -0.000000137. The summed E-state index contributed by atoms with van der Waals surface area (Å²) >= 11 is 0. The largest absolute Gasteiger partial charge is 1.00 e. The van der Waals surface area contributed by atoms with Crippen LogP contribution in [-0.2, 0) is 9.59 Å². The second kappa shape index (κ2) is 23.4. The predicted molar refractivity (Wildman–Crippen MR) is 76.7 cm³/mol. The second-order valence-electron chi connectivity index (χ2n) is 5.25. The zero-order valence-corrected chi connectivity index (χ0v) is 15.3. The number of carbonyl (C=O) groups is 2. The number of hydrogen-bond acceptors (Lipinski definition) is 4. The van der Waals surface area contributed by atoms with Crippen LogP contribution in [0, 0.1) is 5.92 Å². The van der Waals surface area contributed by atoms with Gasteiger partial charge in [0, 0.05) is 11.9 Å². The molecule has 4 nitrogen and oxygen atoms in total. The van der Waals surface area contributed by atoms with Crippen LogP contribution in [0.4, 0.5) is 0 Å². The number of hydrogen-bond donors (Lipinski definition) is 0. The minimum atomic E-state index is -0.925. The molecule has 0 aliphatic carbocycles. The molecule has 0 saturated heterocycles. The van der Waals surface area contributed by atoms with Crippen LogP contribution in [-0.4, -0.2) is 11.9 Å². The molecular formula is C16H30Li2O4. The van der Waals surface area contributed by atoms with Gasteiger partial charge in [0.25, 0.3) is 0 Å². The number of carbonyl (C=O) groups excluding carboxylic acids is 2. The summed E-state index contributed by atoms with van der Waals surface area (Å²) in [6.45, 7) is 5.95. The van der Waals surface area contributed by atoms with Crippen molar-refractivity contribution in [1.29, 1.82) is 0 Å². The summed E-state index contributed by atoms with van der Waals surface area (Å²) in [6, 6.07) is 0. The first-order valence-electron chi connectivity index (χ1n) is 7.86. The molecule has 1 atom stereocenters. The van der Waals surface area contributed by atoms with Crippen LogP contribution in [0.5, 0.6) is 0 Å². The Morgan fingerprint density at radius 3 is 1.64 bits per heavy atom. The molecule has 0 aromatic heterocycles. The van der Waals surface area contributed by atoms with E-state index in [9.17, 15) is 19.8 Å². The molecule has 1 unspecified atom stereocenters. The number of unbranched alkanes of at least 4 members (excludes halogenated alkanes) is 6. The fraction of sp³-hybridized carbons (Fsp3) is 0.875. The van der Waals surface area contributed by atoms with Crippen molar-refractivity contribution in [2.24, 2.45) is 5.92 Å². The number of carboxylic acid groups (broad SMARTS) is 2. The maximum absolute atomic E-state index is 10.3. The SMILES string of the molecule is CCCCCCC(=O)[O-].CCCCCCC(C)C(=O)[O-].[Li+].[Li+]. The first-order chi connectivity index (χ1) is 9.45. The van der Waals surface area contributed by atoms with Crippen molar-refractivity contribution in [3.63, 3.8) is 0 Å². The molecular weight excluding hydrogens is 270 g/mol. The molecule has 0 saturated carbocycles. The summed E-state index contributed by atoms with van der Waals surface area (Å²) < 4.78 is 0. The minimum Gasteiger partial charge on any atom is -0.550 e. The van der Waals surface area contributed by atoms with E-state index in [4.69, 9.17) is 0 Å². The summed E-state index contributed by atoms with van der Waals surface area (Å²) in [6.07, 6.45) is 9.62. The average Bonchev–Trinajstić information content (AvgIpc) is 2.40. The topological polar surface area (TPSA) is 80.3 Å². The molecule has 6 heteroatoms. The monoisotopic (exact) mass is 300 g/mol. The van der Waals surface area contributed by atoms with Gasteiger partial charge in [0.1, 0.15) is 0 Å². The Kier molecular flexibility index (Phi) is 32.0. The van der Waals surface area contributed by atoms with E-state index in [1.807, 2.05) is 0 Å². The van der Waals surface area contributed by atoms with Crippen LogP contribution in [0.3, 0.4) is 0 Å². The summed E-state index contributed by atoms with van der Waals surface area (Å²) in [5.41, 5.74) is 0. The zero-order chi connectivity index (χ0) is 15.8. The smallest absolute Gasteiger partial charge is 0.550 e. The van der Waals surface area contributed by atoms with E-state index in [0.29, 0.717) is 0 Å². The molecule has 120 valence electrons. The molecule has 0 aliphatic rings. The molecule has 22 heavy (non-hydrogen) atoms. The molecule has 0 N–H and O–H groups in total. The predicted octanol–water partition coefficient (Wildman–Crippen LogP) is -3.94. The number of carboxylic acids is 2. The van der Waals surface area contributed by atoms with E-state index in [0.717, 1.165) is 44.9 Å². The molecule has 0 radical (unpaired) electrons. The summed E-state index contributed by atoms with van der Waals surface area (Å²) in [5, 5.41) is 20.1. The average molecular weight is 300 g/mol. The number of aliphatic carboxylic acids is 2. The quantitative estimate of drug-likeness (QED) is 0.288. The minimum absolute atomic E-state index is 0. The van der Waals surface area contributed by atoms with Crippen LogP contribution in [0.15, 0.2) is 0 Å². The molecule has 0 rings (SSSR count). The van der Waals surface area contributed by atoms with Gasteiger partial charge in [-0.2, -0.15) is 0 Å². The van der Waals surface area contributed by atoms with E-state index < -0.39 is 11.9 Å². The maximum atomic E-state index is 10.3. The third-order valence-corrected chi connectivity index (χ3v) is 3.13. The van der Waals surface area contributed by atoms with Crippen molar-refractivity contribution in [2.75, 3.05) is 0 Å². The standard InChI is InChI=1S/C9H18O2.C7H14O2.2Li/c1-3-4-5-6-7-8(2)9(10)11;1-2-3-4-5-6-7(8)9;;/h8H,3-7H2,1-2H3,(H,10,11);2-6H2,1H3,(H,8,9);;/q;;2*+1/p-2. The van der Waals surface area contributed by atoms with Crippen molar-refractivity contribution in [3.05, 3.63) is 0 Å². The fourth-order valence-electron chi connectivity index (χ4n) is 1.69. The maximum Gasteiger partial charge on any atom is 1.00 e. The zero-order valence-electron chi connectivity index (χ0n) is 15.3. The molecule has 0 bridgehead atoms. The van der Waals surface area contributed by atoms with Gasteiger partial charge in [0.15, 0.2) is 0 Å². The van der Waals surface area contributed by atoms with E-state index in [2.05, 4.69) is 13.8 Å². The van der Waals surface area contributed by atoms with E-state index >= 15 is 0 Å². The van der Waals surface area contributed by atoms with Gasteiger partial charge in [-0.3, -0.25) is 0 Å². The van der Waals surface area contributed by atoms with E-state index in [-0.39, 0.29) is 50.1 Å². The Hall–Kier alpha value is 0.135. The van der Waals surface area contributed by atoms with Gasteiger partial charge in [-0.15, -0.1) is 0 Å². The van der Waals surface area contributed by atoms with Crippen LogP contribution >= 0.6 is 0 Å². The van der Waals surface area contributed by atoms with Crippen molar-refractivity contribution in [1.82, 2.24) is 0 Å². The Morgan fingerprint density at radius 1 is 0.818 bits per heavy atom. The normalized spacial score (nSPS) is 10.3. The van der Waals surface area contributed by atoms with Gasteiger partial charge >= 0.3 is 37.7 Å². The second-order valence-corrected chi connectivity index (χ2v) is 5.25. The van der Waals surface area contributed by atoms with E-state index in [1.54, 1.807) is 6.92 Å². The molecule has 0 heterocycles. The van der Waals surface area contributed by atoms with Crippen molar-refractivity contribution < 1.29 is 57.5 Å². The summed E-state index contributed by atoms with van der Waals surface area (Å²) in [4.78, 5) is 20.1. The Bertz CT molecular complexity index is 248. The van der Waals surface area contributed by atoms with Crippen LogP contribution < -0.4 is 47.9 Å². The number of rotatable bonds is 11. The molecule has 0 amide bonds. The van der Waals surface area contributed by atoms with Crippen molar-refractivity contribution in [3.8, 4) is 0 Å². The summed E-state index contributed by atoms with van der Waals surface area (Å²) in [5.74, 6) is -2.11. The molecule has 0 aromatic rings. The molecule has 0 spiro atoms. The first-order valence-corrected chi connectivity index (χ1v) is 7.86. The van der Waals surface area contributed by atoms with Gasteiger partial charge in [-0.25, -0.2) is 0 Å². The Labute approximate surface area is 160 Å². The summed E-state index contributed by atoms with van der Waals surface area (Å²) in [7, 11) is 0. The van der Waals surface area contributed by atoms with Gasteiger partial charge in [-0.05, 0) is 25.2 Å². The Morgan fingerprint density at radius 2 is 1.27 bits per heavy atom. The van der Waals surface area contributed by atoms with Crippen LogP contribution in [0.25, 0.3) is 0 Å². The van der Waals surface area contributed by atoms with Crippen molar-refractivity contribution >= 4 is 11.9 Å². The molecule has 0 aliphatic heterocycles.